The molecule has 0 radical (unpaired) electrons. The van der Waals surface area contributed by atoms with Crippen LogP contribution >= 0.6 is 0 Å². The van der Waals surface area contributed by atoms with E-state index >= 15 is 0 Å². The Morgan fingerprint density at radius 1 is 1.00 bits per heavy atom. The maximum Gasteiger partial charge on any atom is 0.240 e. The third kappa shape index (κ3) is 4.41. The monoisotopic (exact) mass is 410 g/mol. The molecule has 1 aliphatic rings. The van der Waals surface area contributed by atoms with Crippen molar-refractivity contribution in [3.8, 4) is 11.1 Å². The largest absolute Gasteiger partial charge is 0.317 e. The summed E-state index contributed by atoms with van der Waals surface area (Å²) in [6.07, 6.45) is 7.12. The van der Waals surface area contributed by atoms with Gasteiger partial charge < -0.3 is 4.57 Å². The molecule has 1 unspecified atom stereocenters. The van der Waals surface area contributed by atoms with E-state index in [4.69, 9.17) is 0 Å². The number of rotatable bonds is 6. The molecule has 0 aliphatic heterocycles. The molecule has 0 saturated heterocycles. The summed E-state index contributed by atoms with van der Waals surface area (Å²) in [5.74, 6) is 0.329. The van der Waals surface area contributed by atoms with E-state index in [2.05, 4.69) is 21.8 Å². The second-order valence-electron chi connectivity index (χ2n) is 7.67. The van der Waals surface area contributed by atoms with E-state index in [1.54, 1.807) is 30.9 Å². The van der Waals surface area contributed by atoms with Gasteiger partial charge in [0, 0.05) is 12.1 Å². The van der Waals surface area contributed by atoms with Crippen LogP contribution in [0.25, 0.3) is 11.1 Å². The standard InChI is InChI=1S/C22H26N4O2S/c1-2-17-11-12-20(26-15-23-24-16-26)14-22(17)25-29(27,28)21-10-6-9-19(13-21)18-7-4-3-5-8-18/h3-10,13,15-17,20,22,25H,2,11-12,14H2,1H3/t17?,20-,22+/m1/s1. The summed E-state index contributed by atoms with van der Waals surface area (Å²) in [6.45, 7) is 2.13. The fraction of sp³-hybridized carbons (Fsp3) is 0.364. The van der Waals surface area contributed by atoms with Crippen LogP contribution in [0, 0.1) is 5.92 Å². The minimum absolute atomic E-state index is 0.105. The highest BCUT2D eigenvalue weighted by molar-refractivity contribution is 7.89. The molecule has 7 heteroatoms. The first kappa shape index (κ1) is 19.8. The molecule has 1 aromatic heterocycles. The number of nitrogens with zero attached hydrogens (tertiary/aromatic N) is 3. The molecule has 4 rings (SSSR count). The van der Waals surface area contributed by atoms with E-state index < -0.39 is 10.0 Å². The Hall–Kier alpha value is -2.51. The molecule has 1 heterocycles. The average molecular weight is 411 g/mol. The summed E-state index contributed by atoms with van der Waals surface area (Å²) in [7, 11) is -3.62. The predicted octanol–water partition coefficient (Wildman–Crippen LogP) is 4.04. The van der Waals surface area contributed by atoms with Crippen LogP contribution in [0.1, 0.15) is 38.6 Å². The van der Waals surface area contributed by atoms with E-state index in [9.17, 15) is 8.42 Å². The second kappa shape index (κ2) is 8.47. The van der Waals surface area contributed by atoms with Gasteiger partial charge in [0.25, 0.3) is 0 Å². The third-order valence-corrected chi connectivity index (χ3v) is 7.39. The molecular formula is C22H26N4O2S. The molecule has 1 saturated carbocycles. The van der Waals surface area contributed by atoms with Crippen molar-refractivity contribution in [1.29, 1.82) is 0 Å². The van der Waals surface area contributed by atoms with Crippen LogP contribution in [0.5, 0.6) is 0 Å². The van der Waals surface area contributed by atoms with Crippen LogP contribution in [-0.4, -0.2) is 29.2 Å². The van der Waals surface area contributed by atoms with Gasteiger partial charge in [-0.15, -0.1) is 10.2 Å². The van der Waals surface area contributed by atoms with Crippen molar-refractivity contribution >= 4 is 10.0 Å². The Labute approximate surface area is 172 Å². The summed E-state index contributed by atoms with van der Waals surface area (Å²) in [4.78, 5) is 0.306. The molecule has 0 amide bonds. The van der Waals surface area contributed by atoms with E-state index in [-0.39, 0.29) is 12.1 Å². The van der Waals surface area contributed by atoms with Gasteiger partial charge in [-0.1, -0.05) is 55.8 Å². The Morgan fingerprint density at radius 2 is 1.72 bits per heavy atom. The fourth-order valence-corrected chi connectivity index (χ4v) is 5.62. The summed E-state index contributed by atoms with van der Waals surface area (Å²) in [5.41, 5.74) is 1.90. The topological polar surface area (TPSA) is 76.9 Å². The molecule has 1 fully saturated rings. The molecular weight excluding hydrogens is 384 g/mol. The fourth-order valence-electron chi connectivity index (χ4n) is 4.25. The lowest BCUT2D eigenvalue weighted by Gasteiger charge is -2.36. The average Bonchev–Trinajstić information content (AvgIpc) is 3.29. The van der Waals surface area contributed by atoms with Gasteiger partial charge in [0.1, 0.15) is 12.7 Å². The van der Waals surface area contributed by atoms with Gasteiger partial charge in [0.2, 0.25) is 10.0 Å². The highest BCUT2D eigenvalue weighted by Gasteiger charge is 2.33. The van der Waals surface area contributed by atoms with E-state index in [1.807, 2.05) is 41.0 Å². The van der Waals surface area contributed by atoms with Crippen molar-refractivity contribution in [3.05, 3.63) is 67.3 Å². The van der Waals surface area contributed by atoms with Crippen molar-refractivity contribution < 1.29 is 8.42 Å². The molecule has 6 nitrogen and oxygen atoms in total. The molecule has 152 valence electrons. The molecule has 0 bridgehead atoms. The quantitative estimate of drug-likeness (QED) is 0.665. The molecule has 29 heavy (non-hydrogen) atoms. The zero-order valence-corrected chi connectivity index (χ0v) is 17.3. The van der Waals surface area contributed by atoms with Crippen LogP contribution in [-0.2, 0) is 10.0 Å². The Bertz CT molecular complexity index is 1040. The van der Waals surface area contributed by atoms with Crippen LogP contribution < -0.4 is 4.72 Å². The smallest absolute Gasteiger partial charge is 0.240 e. The normalized spacial score (nSPS) is 22.4. The number of hydrogen-bond acceptors (Lipinski definition) is 4. The number of hydrogen-bond donors (Lipinski definition) is 1. The lowest BCUT2D eigenvalue weighted by molar-refractivity contribution is 0.220. The first-order chi connectivity index (χ1) is 14.1. The maximum absolute atomic E-state index is 13.2. The summed E-state index contributed by atoms with van der Waals surface area (Å²) >= 11 is 0. The second-order valence-corrected chi connectivity index (χ2v) is 9.38. The van der Waals surface area contributed by atoms with Gasteiger partial charge in [-0.2, -0.15) is 0 Å². The number of aromatic nitrogens is 3. The molecule has 1 N–H and O–H groups in total. The van der Waals surface area contributed by atoms with Gasteiger partial charge in [-0.05, 0) is 48.4 Å². The van der Waals surface area contributed by atoms with E-state index in [1.165, 1.54) is 0 Å². The third-order valence-electron chi connectivity index (χ3n) is 5.91. The Balaban J connectivity index is 1.57. The molecule has 2 aromatic carbocycles. The van der Waals surface area contributed by atoms with Crippen LogP contribution in [0.15, 0.2) is 72.1 Å². The number of benzene rings is 2. The molecule has 0 spiro atoms. The van der Waals surface area contributed by atoms with Crippen molar-refractivity contribution in [3.63, 3.8) is 0 Å². The zero-order valence-electron chi connectivity index (χ0n) is 16.5. The van der Waals surface area contributed by atoms with Crippen LogP contribution in [0.2, 0.25) is 0 Å². The first-order valence-corrected chi connectivity index (χ1v) is 11.6. The van der Waals surface area contributed by atoms with Gasteiger partial charge >= 0.3 is 0 Å². The lowest BCUT2D eigenvalue weighted by Crippen LogP contribution is -2.44. The Kier molecular flexibility index (Phi) is 5.78. The lowest BCUT2D eigenvalue weighted by atomic mass is 9.81. The Morgan fingerprint density at radius 3 is 2.45 bits per heavy atom. The predicted molar refractivity (Wildman–Crippen MR) is 113 cm³/mol. The summed E-state index contributed by atoms with van der Waals surface area (Å²) in [5, 5.41) is 7.79. The first-order valence-electron chi connectivity index (χ1n) is 10.1. The number of nitrogens with one attached hydrogen (secondary N) is 1. The van der Waals surface area contributed by atoms with Crippen molar-refractivity contribution in [2.45, 2.75) is 49.6 Å². The SMILES string of the molecule is CCC1CC[C@@H](n2cnnc2)C[C@@H]1NS(=O)(=O)c1cccc(-c2ccccc2)c1. The van der Waals surface area contributed by atoms with Gasteiger partial charge in [0.05, 0.1) is 4.90 Å². The van der Waals surface area contributed by atoms with Crippen LogP contribution in [0.3, 0.4) is 0 Å². The van der Waals surface area contributed by atoms with E-state index in [0.717, 1.165) is 36.8 Å². The summed E-state index contributed by atoms with van der Waals surface area (Å²) < 4.78 is 31.4. The summed E-state index contributed by atoms with van der Waals surface area (Å²) in [6, 6.07) is 17.1. The molecule has 1 aliphatic carbocycles. The maximum atomic E-state index is 13.2. The van der Waals surface area contributed by atoms with Crippen molar-refractivity contribution in [2.75, 3.05) is 0 Å². The van der Waals surface area contributed by atoms with Crippen molar-refractivity contribution in [1.82, 2.24) is 19.5 Å². The number of sulfonamides is 1. The van der Waals surface area contributed by atoms with Crippen LogP contribution in [0.4, 0.5) is 0 Å². The van der Waals surface area contributed by atoms with E-state index in [0.29, 0.717) is 10.8 Å². The highest BCUT2D eigenvalue weighted by Crippen LogP contribution is 2.35. The minimum atomic E-state index is -3.62. The van der Waals surface area contributed by atoms with Gasteiger partial charge in [0.15, 0.2) is 0 Å². The molecule has 3 aromatic rings. The van der Waals surface area contributed by atoms with Crippen molar-refractivity contribution in [2.24, 2.45) is 5.92 Å². The van der Waals surface area contributed by atoms with Gasteiger partial charge in [-0.3, -0.25) is 0 Å². The molecule has 3 atom stereocenters. The minimum Gasteiger partial charge on any atom is -0.317 e. The zero-order chi connectivity index (χ0) is 20.3. The highest BCUT2D eigenvalue weighted by atomic mass is 32.2. The van der Waals surface area contributed by atoms with Gasteiger partial charge in [-0.25, -0.2) is 13.1 Å².